The van der Waals surface area contributed by atoms with E-state index in [1.807, 2.05) is 13.0 Å². The Labute approximate surface area is 118 Å². The molecule has 1 aromatic carbocycles. The van der Waals surface area contributed by atoms with Gasteiger partial charge in [0, 0.05) is 25.2 Å². The maximum absolute atomic E-state index is 12.2. The van der Waals surface area contributed by atoms with Gasteiger partial charge in [0.25, 0.3) is 0 Å². The molecule has 2 aromatic rings. The van der Waals surface area contributed by atoms with Gasteiger partial charge in [-0.1, -0.05) is 0 Å². The lowest BCUT2D eigenvalue weighted by Crippen LogP contribution is -2.30. The number of fused-ring (bicyclic) bond motifs is 1. The molecule has 0 bridgehead atoms. The lowest BCUT2D eigenvalue weighted by atomic mass is 10.1. The van der Waals surface area contributed by atoms with Crippen molar-refractivity contribution in [2.75, 3.05) is 24.6 Å². The van der Waals surface area contributed by atoms with Gasteiger partial charge in [0.2, 0.25) is 0 Å². The first-order valence-corrected chi connectivity index (χ1v) is 7.23. The summed E-state index contributed by atoms with van der Waals surface area (Å²) in [4.78, 5) is 14.3. The molecule has 4 nitrogen and oxygen atoms in total. The van der Waals surface area contributed by atoms with Gasteiger partial charge in [0.05, 0.1) is 12.0 Å². The van der Waals surface area contributed by atoms with Crippen LogP contribution >= 0.6 is 0 Å². The zero-order chi connectivity index (χ0) is 13.9. The zero-order valence-corrected chi connectivity index (χ0v) is 11.7. The largest absolute Gasteiger partial charge is 0.494 e. The molecule has 0 amide bonds. The lowest BCUT2D eigenvalue weighted by molar-refractivity contribution is 0.340. The molecule has 3 rings (SSSR count). The van der Waals surface area contributed by atoms with Gasteiger partial charge in [0.15, 0.2) is 11.3 Å². The van der Waals surface area contributed by atoms with E-state index in [0.717, 1.165) is 31.7 Å². The topological polar surface area (TPSA) is 42.7 Å². The van der Waals surface area contributed by atoms with Gasteiger partial charge in [-0.25, -0.2) is 0 Å². The number of piperidine rings is 1. The van der Waals surface area contributed by atoms with Gasteiger partial charge in [0.1, 0.15) is 11.3 Å². The summed E-state index contributed by atoms with van der Waals surface area (Å²) in [6, 6.07) is 6.98. The molecule has 1 fully saturated rings. The minimum Gasteiger partial charge on any atom is -0.494 e. The SMILES string of the molecule is CCOc1ccc2c(=O)cc(N3CCCCC3)oc2c1. The molecule has 1 aromatic heterocycles. The summed E-state index contributed by atoms with van der Waals surface area (Å²) >= 11 is 0. The molecule has 1 saturated heterocycles. The van der Waals surface area contributed by atoms with Crippen molar-refractivity contribution in [1.82, 2.24) is 0 Å². The normalized spacial score (nSPS) is 15.6. The van der Waals surface area contributed by atoms with Gasteiger partial charge >= 0.3 is 0 Å². The first-order valence-electron chi connectivity index (χ1n) is 7.23. The van der Waals surface area contributed by atoms with Crippen LogP contribution in [0.4, 0.5) is 5.88 Å². The van der Waals surface area contributed by atoms with E-state index in [0.29, 0.717) is 23.5 Å². The Hall–Kier alpha value is -1.97. The van der Waals surface area contributed by atoms with Crippen LogP contribution in [0.25, 0.3) is 11.0 Å². The Balaban J connectivity index is 2.03. The average Bonchev–Trinajstić information content (AvgIpc) is 2.48. The molecule has 1 aliphatic rings. The van der Waals surface area contributed by atoms with Crippen LogP contribution in [0.2, 0.25) is 0 Å². The zero-order valence-electron chi connectivity index (χ0n) is 11.7. The second kappa shape index (κ2) is 5.57. The fourth-order valence-electron chi connectivity index (χ4n) is 2.65. The minimum absolute atomic E-state index is 0.00914. The van der Waals surface area contributed by atoms with E-state index in [1.54, 1.807) is 18.2 Å². The van der Waals surface area contributed by atoms with Crippen LogP contribution in [-0.2, 0) is 0 Å². The van der Waals surface area contributed by atoms with Crippen LogP contribution in [0.1, 0.15) is 26.2 Å². The van der Waals surface area contributed by atoms with Gasteiger partial charge in [-0.05, 0) is 38.3 Å². The predicted molar refractivity (Wildman–Crippen MR) is 79.7 cm³/mol. The molecular weight excluding hydrogens is 254 g/mol. The van der Waals surface area contributed by atoms with Crippen LogP contribution in [0.15, 0.2) is 33.5 Å². The van der Waals surface area contributed by atoms with E-state index < -0.39 is 0 Å². The quantitative estimate of drug-likeness (QED) is 0.861. The van der Waals surface area contributed by atoms with E-state index in [4.69, 9.17) is 9.15 Å². The maximum Gasteiger partial charge on any atom is 0.199 e. The fourth-order valence-corrected chi connectivity index (χ4v) is 2.65. The summed E-state index contributed by atoms with van der Waals surface area (Å²) in [5.74, 6) is 1.41. The van der Waals surface area contributed by atoms with E-state index >= 15 is 0 Å². The molecule has 0 saturated carbocycles. The van der Waals surface area contributed by atoms with Crippen LogP contribution < -0.4 is 15.1 Å². The smallest absolute Gasteiger partial charge is 0.199 e. The fraction of sp³-hybridized carbons (Fsp3) is 0.438. The summed E-state index contributed by atoms with van der Waals surface area (Å²) in [6.07, 6.45) is 3.56. The Kier molecular flexibility index (Phi) is 3.63. The monoisotopic (exact) mass is 273 g/mol. The molecule has 0 spiro atoms. The van der Waals surface area contributed by atoms with E-state index in [2.05, 4.69) is 4.90 Å². The standard InChI is InChI=1S/C16H19NO3/c1-2-19-12-6-7-13-14(18)11-16(20-15(13)10-12)17-8-4-3-5-9-17/h6-7,10-11H,2-5,8-9H2,1H3. The number of anilines is 1. The molecule has 0 radical (unpaired) electrons. The highest BCUT2D eigenvalue weighted by Gasteiger charge is 2.15. The first kappa shape index (κ1) is 13.0. The lowest BCUT2D eigenvalue weighted by Gasteiger charge is -2.27. The van der Waals surface area contributed by atoms with Crippen molar-refractivity contribution in [2.45, 2.75) is 26.2 Å². The third-order valence-corrected chi connectivity index (χ3v) is 3.67. The van der Waals surface area contributed by atoms with Gasteiger partial charge < -0.3 is 14.1 Å². The minimum atomic E-state index is 0.00914. The Morgan fingerprint density at radius 1 is 1.20 bits per heavy atom. The molecule has 0 atom stereocenters. The first-order chi connectivity index (χ1) is 9.78. The highest BCUT2D eigenvalue weighted by molar-refractivity contribution is 5.79. The van der Waals surface area contributed by atoms with Crippen molar-refractivity contribution in [3.05, 3.63) is 34.5 Å². The third-order valence-electron chi connectivity index (χ3n) is 3.67. The molecule has 106 valence electrons. The van der Waals surface area contributed by atoms with Crippen molar-refractivity contribution in [1.29, 1.82) is 0 Å². The Morgan fingerprint density at radius 3 is 2.75 bits per heavy atom. The van der Waals surface area contributed by atoms with E-state index in [9.17, 15) is 4.79 Å². The third kappa shape index (κ3) is 2.50. The molecule has 20 heavy (non-hydrogen) atoms. The number of nitrogens with zero attached hydrogens (tertiary/aromatic N) is 1. The summed E-state index contributed by atoms with van der Waals surface area (Å²) in [6.45, 7) is 4.45. The Morgan fingerprint density at radius 2 is 2.00 bits per heavy atom. The van der Waals surface area contributed by atoms with E-state index in [-0.39, 0.29) is 5.43 Å². The Bertz CT molecular complexity index is 656. The van der Waals surface area contributed by atoms with Crippen molar-refractivity contribution in [3.63, 3.8) is 0 Å². The molecule has 2 heterocycles. The number of ether oxygens (including phenoxy) is 1. The van der Waals surface area contributed by atoms with E-state index in [1.165, 1.54) is 6.42 Å². The van der Waals surface area contributed by atoms with Crippen molar-refractivity contribution in [3.8, 4) is 5.75 Å². The highest BCUT2D eigenvalue weighted by Crippen LogP contribution is 2.25. The molecule has 0 N–H and O–H groups in total. The number of benzene rings is 1. The maximum atomic E-state index is 12.2. The number of rotatable bonds is 3. The molecule has 4 heteroatoms. The molecule has 0 unspecified atom stereocenters. The van der Waals surface area contributed by atoms with Crippen molar-refractivity contribution in [2.24, 2.45) is 0 Å². The average molecular weight is 273 g/mol. The summed E-state index contributed by atoms with van der Waals surface area (Å²) in [7, 11) is 0. The van der Waals surface area contributed by atoms with Gasteiger partial charge in [-0.3, -0.25) is 4.79 Å². The summed E-state index contributed by atoms with van der Waals surface area (Å²) in [5, 5.41) is 0.606. The van der Waals surface area contributed by atoms with Gasteiger partial charge in [-0.2, -0.15) is 0 Å². The molecule has 1 aliphatic heterocycles. The van der Waals surface area contributed by atoms with Crippen LogP contribution in [0.3, 0.4) is 0 Å². The number of hydrogen-bond donors (Lipinski definition) is 0. The molecular formula is C16H19NO3. The van der Waals surface area contributed by atoms with Crippen LogP contribution in [0, 0.1) is 0 Å². The second-order valence-electron chi connectivity index (χ2n) is 5.09. The van der Waals surface area contributed by atoms with Crippen molar-refractivity contribution >= 4 is 16.9 Å². The highest BCUT2D eigenvalue weighted by atomic mass is 16.5. The second-order valence-corrected chi connectivity index (χ2v) is 5.09. The number of hydrogen-bond acceptors (Lipinski definition) is 4. The van der Waals surface area contributed by atoms with Crippen LogP contribution in [-0.4, -0.2) is 19.7 Å². The summed E-state index contributed by atoms with van der Waals surface area (Å²) < 4.78 is 11.4. The molecule has 0 aliphatic carbocycles. The summed E-state index contributed by atoms with van der Waals surface area (Å²) in [5.41, 5.74) is 0.610. The predicted octanol–water partition coefficient (Wildman–Crippen LogP) is 3.18. The van der Waals surface area contributed by atoms with Crippen LogP contribution in [0.5, 0.6) is 5.75 Å². The van der Waals surface area contributed by atoms with Crippen molar-refractivity contribution < 1.29 is 9.15 Å². The van der Waals surface area contributed by atoms with Gasteiger partial charge in [-0.15, -0.1) is 0 Å².